The Kier molecular flexibility index (Phi) is 7.33. The lowest BCUT2D eigenvalue weighted by atomic mass is 10.3. The molecule has 1 aromatic carbocycles. The highest BCUT2D eigenvalue weighted by atomic mass is 35.5. The Hall–Kier alpha value is -1.81. The molecule has 0 aliphatic rings. The number of thiophene rings is 1. The third kappa shape index (κ3) is 6.10. The molecule has 0 radical (unpaired) electrons. The van der Waals surface area contributed by atoms with Crippen molar-refractivity contribution in [3.63, 3.8) is 0 Å². The lowest BCUT2D eigenvalue weighted by molar-refractivity contribution is -0.113. The van der Waals surface area contributed by atoms with E-state index in [4.69, 9.17) is 16.3 Å². The minimum Gasteiger partial charge on any atom is -0.495 e. The molecular formula is C17H17ClN4O2S3. The predicted molar refractivity (Wildman–Crippen MR) is 114 cm³/mol. The fraction of sp³-hybridized carbons (Fsp3) is 0.235. The van der Waals surface area contributed by atoms with Crippen molar-refractivity contribution in [3.8, 4) is 5.75 Å². The first kappa shape index (κ1) is 19.9. The molecule has 0 saturated heterocycles. The molecule has 2 N–H and O–H groups in total. The van der Waals surface area contributed by atoms with Gasteiger partial charge in [-0.15, -0.1) is 21.5 Å². The van der Waals surface area contributed by atoms with Crippen molar-refractivity contribution in [2.45, 2.75) is 10.8 Å². The van der Waals surface area contributed by atoms with Crippen LogP contribution in [0.5, 0.6) is 5.75 Å². The van der Waals surface area contributed by atoms with Crippen molar-refractivity contribution in [1.29, 1.82) is 0 Å². The van der Waals surface area contributed by atoms with Crippen molar-refractivity contribution in [2.75, 3.05) is 30.0 Å². The van der Waals surface area contributed by atoms with E-state index in [9.17, 15) is 4.79 Å². The molecule has 3 aromatic rings. The summed E-state index contributed by atoms with van der Waals surface area (Å²) in [5.74, 6) is 0.619. The van der Waals surface area contributed by atoms with Gasteiger partial charge in [0.15, 0.2) is 4.34 Å². The minimum absolute atomic E-state index is 0.164. The van der Waals surface area contributed by atoms with Crippen molar-refractivity contribution < 1.29 is 9.53 Å². The summed E-state index contributed by atoms with van der Waals surface area (Å²) >= 11 is 10.5. The number of carbonyl (C=O) groups excluding carboxylic acids is 1. The third-order valence-electron chi connectivity index (χ3n) is 3.40. The van der Waals surface area contributed by atoms with Gasteiger partial charge in [-0.2, -0.15) is 0 Å². The first-order valence-electron chi connectivity index (χ1n) is 8.00. The number of benzene rings is 1. The van der Waals surface area contributed by atoms with Crippen LogP contribution in [0.15, 0.2) is 40.1 Å². The number of carbonyl (C=O) groups is 1. The number of methoxy groups -OCH3 is 1. The van der Waals surface area contributed by atoms with Crippen LogP contribution < -0.4 is 15.4 Å². The zero-order chi connectivity index (χ0) is 19.1. The molecular weight excluding hydrogens is 424 g/mol. The summed E-state index contributed by atoms with van der Waals surface area (Å²) in [6.45, 7) is 0.800. The molecule has 0 aliphatic heterocycles. The highest BCUT2D eigenvalue weighted by Crippen LogP contribution is 2.29. The second kappa shape index (κ2) is 9.93. The number of ether oxygens (including phenoxy) is 1. The smallest absolute Gasteiger partial charge is 0.234 e. The van der Waals surface area contributed by atoms with Crippen LogP contribution in [0.3, 0.4) is 0 Å². The Bertz CT molecular complexity index is 886. The number of amides is 1. The number of halogens is 1. The maximum Gasteiger partial charge on any atom is 0.234 e. The van der Waals surface area contributed by atoms with Gasteiger partial charge in [0.05, 0.1) is 18.6 Å². The van der Waals surface area contributed by atoms with Gasteiger partial charge >= 0.3 is 0 Å². The third-order valence-corrected chi connectivity index (χ3v) is 6.58. The Morgan fingerprint density at radius 3 is 3.00 bits per heavy atom. The first-order chi connectivity index (χ1) is 13.1. The molecule has 6 nitrogen and oxygen atoms in total. The number of thioether (sulfide) groups is 1. The molecule has 2 aromatic heterocycles. The molecule has 0 atom stereocenters. The summed E-state index contributed by atoms with van der Waals surface area (Å²) in [6, 6.07) is 9.23. The maximum absolute atomic E-state index is 12.2. The summed E-state index contributed by atoms with van der Waals surface area (Å²) in [5.41, 5.74) is 0.545. The fourth-order valence-corrected chi connectivity index (χ4v) is 4.64. The molecule has 1 amide bonds. The SMILES string of the molecule is COc1ccc(Cl)cc1NC(=O)CSc1nnc(NCCc2cccs2)s1. The number of aromatic nitrogens is 2. The van der Waals surface area contributed by atoms with E-state index in [2.05, 4.69) is 32.3 Å². The summed E-state index contributed by atoms with van der Waals surface area (Å²) in [6.07, 6.45) is 0.948. The largest absolute Gasteiger partial charge is 0.495 e. The molecule has 0 saturated carbocycles. The van der Waals surface area contributed by atoms with Crippen molar-refractivity contribution in [2.24, 2.45) is 0 Å². The van der Waals surface area contributed by atoms with Gasteiger partial charge in [-0.25, -0.2) is 0 Å². The first-order valence-corrected chi connectivity index (χ1v) is 11.1. The minimum atomic E-state index is -0.164. The van der Waals surface area contributed by atoms with E-state index in [1.165, 1.54) is 28.0 Å². The lowest BCUT2D eigenvalue weighted by Gasteiger charge is -2.09. The summed E-state index contributed by atoms with van der Waals surface area (Å²) in [5, 5.41) is 17.6. The Morgan fingerprint density at radius 1 is 1.33 bits per heavy atom. The van der Waals surface area contributed by atoms with Crippen molar-refractivity contribution in [1.82, 2.24) is 10.2 Å². The van der Waals surface area contributed by atoms with Crippen LogP contribution in [0.2, 0.25) is 5.02 Å². The van der Waals surface area contributed by atoms with Gasteiger partial charge < -0.3 is 15.4 Å². The Labute approximate surface area is 174 Å². The zero-order valence-electron chi connectivity index (χ0n) is 14.4. The Morgan fingerprint density at radius 2 is 2.22 bits per heavy atom. The molecule has 142 valence electrons. The van der Waals surface area contributed by atoms with E-state index in [0.29, 0.717) is 16.5 Å². The van der Waals surface area contributed by atoms with Gasteiger partial charge in [0, 0.05) is 16.4 Å². The second-order valence-corrected chi connectivity index (χ2v) is 8.98. The molecule has 0 spiro atoms. The van der Waals surface area contributed by atoms with E-state index in [1.54, 1.807) is 36.6 Å². The van der Waals surface area contributed by atoms with Gasteiger partial charge in [0.25, 0.3) is 0 Å². The molecule has 27 heavy (non-hydrogen) atoms. The standard InChI is InChI=1S/C17H17ClN4O2S3/c1-24-14-5-4-11(18)9-13(14)20-15(23)10-26-17-22-21-16(27-17)19-7-6-12-3-2-8-25-12/h2-5,8-9H,6-7,10H2,1H3,(H,19,21)(H,20,23). The zero-order valence-corrected chi connectivity index (χ0v) is 17.6. The molecule has 10 heteroatoms. The number of nitrogens with zero attached hydrogens (tertiary/aromatic N) is 2. The summed E-state index contributed by atoms with van der Waals surface area (Å²) in [4.78, 5) is 13.5. The highest BCUT2D eigenvalue weighted by Gasteiger charge is 2.11. The van der Waals surface area contributed by atoms with Crippen LogP contribution in [-0.2, 0) is 11.2 Å². The van der Waals surface area contributed by atoms with Gasteiger partial charge in [0.2, 0.25) is 11.0 Å². The van der Waals surface area contributed by atoms with E-state index in [0.717, 1.165) is 22.4 Å². The van der Waals surface area contributed by atoms with Gasteiger partial charge in [-0.05, 0) is 36.1 Å². The maximum atomic E-state index is 12.2. The van der Waals surface area contributed by atoms with Crippen LogP contribution in [-0.4, -0.2) is 35.5 Å². The molecule has 0 unspecified atom stereocenters. The van der Waals surface area contributed by atoms with Crippen molar-refractivity contribution in [3.05, 3.63) is 45.6 Å². The van der Waals surface area contributed by atoms with Gasteiger partial charge in [0.1, 0.15) is 5.75 Å². The van der Waals surface area contributed by atoms with Crippen LogP contribution in [0, 0.1) is 0 Å². The molecule has 2 heterocycles. The lowest BCUT2D eigenvalue weighted by Crippen LogP contribution is -2.14. The molecule has 0 fully saturated rings. The fourth-order valence-electron chi connectivity index (χ4n) is 2.18. The molecule has 3 rings (SSSR count). The Balaban J connectivity index is 1.45. The van der Waals surface area contributed by atoms with Crippen molar-refractivity contribution >= 4 is 62.8 Å². The van der Waals surface area contributed by atoms with Gasteiger partial charge in [-0.3, -0.25) is 4.79 Å². The van der Waals surface area contributed by atoms with Crippen LogP contribution in [0.4, 0.5) is 10.8 Å². The normalized spacial score (nSPS) is 10.6. The molecule has 0 aliphatic carbocycles. The van der Waals surface area contributed by atoms with E-state index >= 15 is 0 Å². The van der Waals surface area contributed by atoms with E-state index < -0.39 is 0 Å². The highest BCUT2D eigenvalue weighted by molar-refractivity contribution is 8.01. The second-order valence-electron chi connectivity index (χ2n) is 5.31. The predicted octanol–water partition coefficient (Wildman–Crippen LogP) is 4.65. The average molecular weight is 441 g/mol. The topological polar surface area (TPSA) is 76.1 Å². The molecule has 0 bridgehead atoms. The monoisotopic (exact) mass is 440 g/mol. The average Bonchev–Trinajstić information content (AvgIpc) is 3.32. The number of rotatable bonds is 9. The number of nitrogens with one attached hydrogen (secondary N) is 2. The van der Waals surface area contributed by atoms with E-state index in [-0.39, 0.29) is 11.7 Å². The summed E-state index contributed by atoms with van der Waals surface area (Å²) in [7, 11) is 1.54. The van der Waals surface area contributed by atoms with E-state index in [1.807, 2.05) is 6.07 Å². The quantitative estimate of drug-likeness (QED) is 0.472. The number of hydrogen-bond donors (Lipinski definition) is 2. The van der Waals surface area contributed by atoms with Crippen LogP contribution in [0.25, 0.3) is 0 Å². The van der Waals surface area contributed by atoms with Crippen LogP contribution >= 0.6 is 46.0 Å². The van der Waals surface area contributed by atoms with Crippen LogP contribution in [0.1, 0.15) is 4.88 Å². The van der Waals surface area contributed by atoms with Gasteiger partial charge in [-0.1, -0.05) is 40.8 Å². The summed E-state index contributed by atoms with van der Waals surface area (Å²) < 4.78 is 5.96. The number of hydrogen-bond acceptors (Lipinski definition) is 8. The number of anilines is 2.